The van der Waals surface area contributed by atoms with Crippen molar-refractivity contribution in [2.75, 3.05) is 13.1 Å². The molecule has 5 heteroatoms. The number of aromatic nitrogens is 2. The maximum absolute atomic E-state index is 12.5. The van der Waals surface area contributed by atoms with E-state index < -0.39 is 0 Å². The lowest BCUT2D eigenvalue weighted by Gasteiger charge is -2.32. The first-order valence-corrected chi connectivity index (χ1v) is 7.91. The molecule has 1 aliphatic rings. The Bertz CT molecular complexity index is 624. The number of carbonyl (C=O) groups is 1. The van der Waals surface area contributed by atoms with Gasteiger partial charge in [0.1, 0.15) is 0 Å². The van der Waals surface area contributed by atoms with Gasteiger partial charge in [-0.1, -0.05) is 18.1 Å². The number of likely N-dealkylation sites (tertiary alicyclic amines) is 1. The van der Waals surface area contributed by atoms with Crippen molar-refractivity contribution in [3.63, 3.8) is 0 Å². The van der Waals surface area contributed by atoms with Gasteiger partial charge < -0.3 is 9.42 Å². The van der Waals surface area contributed by atoms with Crippen LogP contribution in [0.5, 0.6) is 0 Å². The minimum absolute atomic E-state index is 0.0436. The molecule has 1 atom stereocenters. The van der Waals surface area contributed by atoms with Gasteiger partial charge in [0.2, 0.25) is 5.76 Å². The molecule has 0 saturated carbocycles. The number of carbonyl (C=O) groups excluding carboxylic acids is 1. The van der Waals surface area contributed by atoms with Crippen LogP contribution in [-0.4, -0.2) is 34.0 Å². The second kappa shape index (κ2) is 6.73. The van der Waals surface area contributed by atoms with Gasteiger partial charge in [0.05, 0.1) is 5.69 Å². The lowest BCUT2D eigenvalue weighted by atomic mass is 9.93. The minimum atomic E-state index is -0.0436. The van der Waals surface area contributed by atoms with Crippen molar-refractivity contribution in [2.24, 2.45) is 5.92 Å². The molecular weight excluding hydrogens is 278 g/mol. The zero-order chi connectivity index (χ0) is 15.4. The van der Waals surface area contributed by atoms with E-state index >= 15 is 0 Å². The van der Waals surface area contributed by atoms with Crippen molar-refractivity contribution in [3.05, 3.63) is 47.6 Å². The highest BCUT2D eigenvalue weighted by atomic mass is 16.5. The molecule has 0 spiro atoms. The Morgan fingerprint density at radius 3 is 3.05 bits per heavy atom. The van der Waals surface area contributed by atoms with Gasteiger partial charge in [0.25, 0.3) is 5.91 Å². The third-order valence-corrected chi connectivity index (χ3v) is 4.16. The number of aryl methyl sites for hydroxylation is 1. The molecule has 1 fully saturated rings. The highest BCUT2D eigenvalue weighted by Crippen LogP contribution is 2.22. The summed E-state index contributed by atoms with van der Waals surface area (Å²) < 4.78 is 5.17. The van der Waals surface area contributed by atoms with Crippen molar-refractivity contribution < 1.29 is 9.32 Å². The Balaban J connectivity index is 1.63. The van der Waals surface area contributed by atoms with Crippen LogP contribution in [0.2, 0.25) is 0 Å². The van der Waals surface area contributed by atoms with Crippen molar-refractivity contribution in [3.8, 4) is 0 Å². The topological polar surface area (TPSA) is 59.2 Å². The van der Waals surface area contributed by atoms with E-state index in [4.69, 9.17) is 4.52 Å². The molecule has 2 aromatic rings. The largest absolute Gasteiger partial charge is 0.351 e. The molecule has 1 aliphatic heterocycles. The Labute approximate surface area is 130 Å². The van der Waals surface area contributed by atoms with Gasteiger partial charge in [-0.05, 0) is 43.7 Å². The summed E-state index contributed by atoms with van der Waals surface area (Å²) in [5.41, 5.74) is 1.92. The van der Waals surface area contributed by atoms with Crippen molar-refractivity contribution in [1.29, 1.82) is 0 Å². The van der Waals surface area contributed by atoms with E-state index in [1.165, 1.54) is 0 Å². The van der Waals surface area contributed by atoms with Gasteiger partial charge in [-0.15, -0.1) is 0 Å². The molecule has 3 heterocycles. The fraction of sp³-hybridized carbons (Fsp3) is 0.471. The summed E-state index contributed by atoms with van der Waals surface area (Å²) in [7, 11) is 0. The van der Waals surface area contributed by atoms with Gasteiger partial charge in [0.15, 0.2) is 0 Å². The first kappa shape index (κ1) is 14.8. The SMILES string of the molecule is CCc1cc(C(=O)N2CCC[C@@H](Cc3ccccn3)C2)on1. The summed E-state index contributed by atoms with van der Waals surface area (Å²) in [6.45, 7) is 3.55. The molecule has 116 valence electrons. The zero-order valence-electron chi connectivity index (χ0n) is 12.9. The molecule has 0 radical (unpaired) electrons. The lowest BCUT2D eigenvalue weighted by molar-refractivity contribution is 0.0631. The summed E-state index contributed by atoms with van der Waals surface area (Å²) in [5, 5.41) is 3.90. The molecule has 0 aliphatic carbocycles. The molecule has 3 rings (SSSR count). The molecule has 0 aromatic carbocycles. The Morgan fingerprint density at radius 2 is 2.32 bits per heavy atom. The van der Waals surface area contributed by atoms with Gasteiger partial charge in [-0.3, -0.25) is 9.78 Å². The first-order chi connectivity index (χ1) is 10.8. The summed E-state index contributed by atoms with van der Waals surface area (Å²) >= 11 is 0. The molecule has 22 heavy (non-hydrogen) atoms. The van der Waals surface area contributed by atoms with Crippen molar-refractivity contribution in [1.82, 2.24) is 15.0 Å². The average Bonchev–Trinajstić information content (AvgIpc) is 3.04. The quantitative estimate of drug-likeness (QED) is 0.871. The van der Waals surface area contributed by atoms with Crippen molar-refractivity contribution in [2.45, 2.75) is 32.6 Å². The van der Waals surface area contributed by atoms with E-state index in [0.29, 0.717) is 11.7 Å². The molecular formula is C17H21N3O2. The van der Waals surface area contributed by atoms with Crippen LogP contribution in [0.4, 0.5) is 0 Å². The summed E-state index contributed by atoms with van der Waals surface area (Å²) in [6, 6.07) is 7.74. The number of hydrogen-bond acceptors (Lipinski definition) is 4. The Kier molecular flexibility index (Phi) is 4.51. The maximum atomic E-state index is 12.5. The Morgan fingerprint density at radius 1 is 1.41 bits per heavy atom. The highest BCUT2D eigenvalue weighted by molar-refractivity contribution is 5.91. The smallest absolute Gasteiger partial charge is 0.292 e. The fourth-order valence-electron chi connectivity index (χ4n) is 2.97. The third-order valence-electron chi connectivity index (χ3n) is 4.16. The molecule has 0 bridgehead atoms. The first-order valence-electron chi connectivity index (χ1n) is 7.91. The summed E-state index contributed by atoms with van der Waals surface area (Å²) in [4.78, 5) is 18.8. The molecule has 2 aromatic heterocycles. The maximum Gasteiger partial charge on any atom is 0.292 e. The Hall–Kier alpha value is -2.17. The van der Waals surface area contributed by atoms with Crippen LogP contribution in [0.1, 0.15) is 41.7 Å². The molecule has 0 N–H and O–H groups in total. The monoisotopic (exact) mass is 299 g/mol. The number of nitrogens with zero attached hydrogens (tertiary/aromatic N) is 3. The van der Waals surface area contributed by atoms with Crippen LogP contribution in [0.15, 0.2) is 35.0 Å². The number of pyridine rings is 1. The van der Waals surface area contributed by atoms with E-state index in [0.717, 1.165) is 50.2 Å². The van der Waals surface area contributed by atoms with E-state index in [-0.39, 0.29) is 5.91 Å². The van der Waals surface area contributed by atoms with Crippen LogP contribution in [0, 0.1) is 5.92 Å². The molecule has 5 nitrogen and oxygen atoms in total. The predicted octanol–water partition coefficient (Wildman–Crippen LogP) is 2.73. The highest BCUT2D eigenvalue weighted by Gasteiger charge is 2.27. The second-order valence-corrected chi connectivity index (χ2v) is 5.82. The van der Waals surface area contributed by atoms with E-state index in [9.17, 15) is 4.79 Å². The lowest BCUT2D eigenvalue weighted by Crippen LogP contribution is -2.40. The van der Waals surface area contributed by atoms with Crippen LogP contribution in [-0.2, 0) is 12.8 Å². The normalized spacial score (nSPS) is 18.4. The number of hydrogen-bond donors (Lipinski definition) is 0. The number of piperidine rings is 1. The van der Waals surface area contributed by atoms with Gasteiger partial charge in [0, 0.05) is 31.0 Å². The van der Waals surface area contributed by atoms with E-state index in [1.54, 1.807) is 6.07 Å². The standard InChI is InChI=1S/C17H21N3O2/c1-2-14-11-16(22-19-14)17(21)20-9-5-6-13(12-20)10-15-7-3-4-8-18-15/h3-4,7-8,11,13H,2,5-6,9-10,12H2,1H3/t13-/m0/s1. The fourth-order valence-corrected chi connectivity index (χ4v) is 2.97. The third kappa shape index (κ3) is 3.35. The average molecular weight is 299 g/mol. The summed E-state index contributed by atoms with van der Waals surface area (Å²) in [6.07, 6.45) is 5.68. The van der Waals surface area contributed by atoms with Gasteiger partial charge >= 0.3 is 0 Å². The molecule has 0 unspecified atom stereocenters. The zero-order valence-corrected chi connectivity index (χ0v) is 12.9. The minimum Gasteiger partial charge on any atom is -0.351 e. The van der Waals surface area contributed by atoms with E-state index in [1.807, 2.05) is 36.2 Å². The van der Waals surface area contributed by atoms with Crippen LogP contribution in [0.3, 0.4) is 0 Å². The summed E-state index contributed by atoms with van der Waals surface area (Å²) in [5.74, 6) is 0.773. The van der Waals surface area contributed by atoms with Crippen LogP contribution < -0.4 is 0 Å². The van der Waals surface area contributed by atoms with Gasteiger partial charge in [-0.2, -0.15) is 0 Å². The molecule has 1 amide bonds. The van der Waals surface area contributed by atoms with Crippen LogP contribution in [0.25, 0.3) is 0 Å². The van der Waals surface area contributed by atoms with Crippen molar-refractivity contribution >= 4 is 5.91 Å². The predicted molar refractivity (Wildman–Crippen MR) is 82.4 cm³/mol. The van der Waals surface area contributed by atoms with Crippen LogP contribution >= 0.6 is 0 Å². The second-order valence-electron chi connectivity index (χ2n) is 5.82. The van der Waals surface area contributed by atoms with E-state index in [2.05, 4.69) is 10.1 Å². The number of amides is 1. The molecule has 1 saturated heterocycles. The van der Waals surface area contributed by atoms with Gasteiger partial charge in [-0.25, -0.2) is 0 Å². The number of rotatable bonds is 4.